The molecule has 10 nitrogen and oxygen atoms in total. The number of halogens is 3. The summed E-state index contributed by atoms with van der Waals surface area (Å²) in [6.45, 7) is 9.03. The predicted molar refractivity (Wildman–Crippen MR) is 144 cm³/mol. The van der Waals surface area contributed by atoms with E-state index in [1.165, 1.54) is 49.1 Å². The fourth-order valence-electron chi connectivity index (χ4n) is 2.96. The molecule has 13 heteroatoms. The highest BCUT2D eigenvalue weighted by molar-refractivity contribution is 9.10. The van der Waals surface area contributed by atoms with Gasteiger partial charge in [-0.1, -0.05) is 61.9 Å². The molecule has 39 heavy (non-hydrogen) atoms. The Morgan fingerprint density at radius 1 is 0.897 bits per heavy atom. The highest BCUT2D eigenvalue weighted by Crippen LogP contribution is 2.23. The average molecular weight is 605 g/mol. The Hall–Kier alpha value is -3.84. The van der Waals surface area contributed by atoms with Gasteiger partial charge in [0.2, 0.25) is 0 Å². The van der Waals surface area contributed by atoms with Gasteiger partial charge in [0.05, 0.1) is 34.9 Å². The lowest BCUT2D eigenvalue weighted by Gasteiger charge is -2.22. The van der Waals surface area contributed by atoms with Crippen molar-refractivity contribution in [2.24, 2.45) is 10.7 Å². The van der Waals surface area contributed by atoms with Gasteiger partial charge >= 0.3 is 4.73 Å². The summed E-state index contributed by atoms with van der Waals surface area (Å²) < 4.78 is 25.6. The number of nitrogens with zero attached hydrogens (tertiary/aromatic N) is 7. The van der Waals surface area contributed by atoms with Gasteiger partial charge in [0.15, 0.2) is 6.20 Å². The Morgan fingerprint density at radius 3 is 1.85 bits per heavy atom. The van der Waals surface area contributed by atoms with Crippen molar-refractivity contribution in [2.75, 3.05) is 13.1 Å². The number of hydrogen-bond donors (Lipinski definition) is 2. The molecule has 3 N–H and O–H groups in total. The van der Waals surface area contributed by atoms with E-state index >= 15 is 0 Å². The Kier molecular flexibility index (Phi) is 11.5. The van der Waals surface area contributed by atoms with Crippen LogP contribution in [-0.4, -0.2) is 43.3 Å². The first-order valence-electron chi connectivity index (χ1n) is 11.7. The van der Waals surface area contributed by atoms with E-state index in [0.29, 0.717) is 22.8 Å². The first-order chi connectivity index (χ1) is 18.4. The van der Waals surface area contributed by atoms with Crippen molar-refractivity contribution >= 4 is 15.9 Å². The maximum Gasteiger partial charge on any atom is 0.390 e. The molecule has 0 unspecified atom stereocenters. The molecule has 0 amide bonds. The summed E-state index contributed by atoms with van der Waals surface area (Å²) in [5.74, 6) is -0.467. The monoisotopic (exact) mass is 604 g/mol. The van der Waals surface area contributed by atoms with E-state index in [1.54, 1.807) is 24.3 Å². The molecule has 208 valence electrons. The second kappa shape index (κ2) is 14.4. The molecule has 0 spiro atoms. The van der Waals surface area contributed by atoms with Crippen LogP contribution < -0.4 is 16.2 Å². The SMILES string of the molecule is CC(C)(CN)c1ccc(F)cc1.CC(C)(CN=c1nccnn1O)c1ccc(F)cc1.[O-][n+]1nccnc1Br. The number of nitrogens with two attached hydrogens (primary N) is 1. The summed E-state index contributed by atoms with van der Waals surface area (Å²) in [6.07, 6.45) is 5.57. The van der Waals surface area contributed by atoms with Crippen LogP contribution in [0.5, 0.6) is 0 Å². The van der Waals surface area contributed by atoms with Gasteiger partial charge in [-0.2, -0.15) is 0 Å². The summed E-state index contributed by atoms with van der Waals surface area (Å²) in [7, 11) is 0. The maximum atomic E-state index is 12.9. The minimum atomic E-state index is -0.293. The molecule has 4 rings (SSSR count). The Morgan fingerprint density at radius 2 is 1.41 bits per heavy atom. The van der Waals surface area contributed by atoms with Gasteiger partial charge in [-0.3, -0.25) is 0 Å². The molecule has 4 aromatic rings. The maximum absolute atomic E-state index is 12.9. The van der Waals surface area contributed by atoms with Crippen molar-refractivity contribution in [1.29, 1.82) is 0 Å². The van der Waals surface area contributed by atoms with E-state index in [1.807, 2.05) is 27.7 Å². The molecule has 0 radical (unpaired) electrons. The lowest BCUT2D eigenvalue weighted by Crippen LogP contribution is -2.32. The molecular weight excluding hydrogens is 574 g/mol. The molecule has 0 fully saturated rings. The molecule has 0 aliphatic carbocycles. The summed E-state index contributed by atoms with van der Waals surface area (Å²) >= 11 is 2.87. The lowest BCUT2D eigenvalue weighted by molar-refractivity contribution is -0.683. The number of hydrogen-bond acceptors (Lipinski definition) is 8. The molecular formula is C26H31BrF2N8O2. The minimum absolute atomic E-state index is 0.0618. The fourth-order valence-corrected chi connectivity index (χ4v) is 3.17. The fraction of sp³-hybridized carbons (Fsp3) is 0.308. The largest absolute Gasteiger partial charge is 0.690 e. The van der Waals surface area contributed by atoms with Crippen LogP contribution in [0.2, 0.25) is 0 Å². The zero-order chi connectivity index (χ0) is 29.1. The van der Waals surface area contributed by atoms with Crippen molar-refractivity contribution in [2.45, 2.75) is 38.5 Å². The van der Waals surface area contributed by atoms with Crippen molar-refractivity contribution in [3.05, 3.63) is 112 Å². The highest BCUT2D eigenvalue weighted by atomic mass is 79.9. The predicted octanol–water partition coefficient (Wildman–Crippen LogP) is 3.47. The van der Waals surface area contributed by atoms with Crippen molar-refractivity contribution < 1.29 is 18.8 Å². The van der Waals surface area contributed by atoms with Crippen molar-refractivity contribution in [3.63, 3.8) is 0 Å². The van der Waals surface area contributed by atoms with Crippen LogP contribution >= 0.6 is 15.9 Å². The summed E-state index contributed by atoms with van der Waals surface area (Å²) in [5, 5.41) is 26.7. The third-order valence-electron chi connectivity index (χ3n) is 5.57. The third-order valence-corrected chi connectivity index (χ3v) is 6.07. The van der Waals surface area contributed by atoms with Crippen molar-refractivity contribution in [1.82, 2.24) is 25.0 Å². The highest BCUT2D eigenvalue weighted by Gasteiger charge is 2.20. The van der Waals surface area contributed by atoms with E-state index in [-0.39, 0.29) is 32.8 Å². The first kappa shape index (κ1) is 31.4. The summed E-state index contributed by atoms with van der Waals surface area (Å²) in [5.41, 5.74) is 7.40. The molecule has 2 aromatic heterocycles. The van der Waals surface area contributed by atoms with E-state index in [9.17, 15) is 19.2 Å². The van der Waals surface area contributed by atoms with Gasteiger partial charge in [0, 0.05) is 17.4 Å². The summed E-state index contributed by atoms with van der Waals surface area (Å²) in [6, 6.07) is 12.8. The van der Waals surface area contributed by atoms with Gasteiger partial charge in [0.1, 0.15) is 17.8 Å². The number of benzene rings is 2. The van der Waals surface area contributed by atoms with Gasteiger partial charge in [-0.25, -0.2) is 18.8 Å². The Bertz CT molecular complexity index is 1360. The zero-order valence-electron chi connectivity index (χ0n) is 22.0. The van der Waals surface area contributed by atoms with Crippen LogP contribution in [0.3, 0.4) is 0 Å². The van der Waals surface area contributed by atoms with Crippen LogP contribution in [0.4, 0.5) is 8.78 Å². The van der Waals surface area contributed by atoms with Gasteiger partial charge in [-0.15, -0.1) is 9.94 Å². The van der Waals surface area contributed by atoms with Crippen molar-refractivity contribution in [3.8, 4) is 0 Å². The van der Waals surface area contributed by atoms with Crippen LogP contribution in [0, 0.1) is 16.8 Å². The average Bonchev–Trinajstić information content (AvgIpc) is 2.91. The van der Waals surface area contributed by atoms with Crippen LogP contribution in [0.25, 0.3) is 0 Å². The molecule has 0 saturated heterocycles. The smallest absolute Gasteiger partial charge is 0.390 e. The van der Waals surface area contributed by atoms with Crippen LogP contribution in [0.1, 0.15) is 38.8 Å². The molecule has 0 aliphatic rings. The minimum Gasteiger partial charge on any atom is -0.690 e. The van der Waals surface area contributed by atoms with Crippen LogP contribution in [-0.2, 0) is 10.8 Å². The van der Waals surface area contributed by atoms with Gasteiger partial charge < -0.3 is 16.1 Å². The normalized spacial score (nSPS) is 11.6. The molecule has 2 aromatic carbocycles. The standard InChI is InChI=1S/C13H15FN4O.C10H14FN.C3H2BrN3O/c1-13(2,10-3-5-11(14)6-4-10)9-16-12-15-7-8-17-18(12)19;1-10(2,7-12)8-3-5-9(11)6-4-8;4-3-5-1-2-6-7(3)8/h3-8,19H,9H2,1-2H3;3-6H,7,12H2,1-2H3;1-2H. The molecule has 0 atom stereocenters. The van der Waals surface area contributed by atoms with E-state index in [0.717, 1.165) is 11.1 Å². The quantitative estimate of drug-likeness (QED) is 0.202. The second-order valence-electron chi connectivity index (χ2n) is 9.52. The molecule has 2 heterocycles. The van der Waals surface area contributed by atoms with E-state index in [2.05, 4.69) is 41.1 Å². The van der Waals surface area contributed by atoms with E-state index < -0.39 is 0 Å². The summed E-state index contributed by atoms with van der Waals surface area (Å²) in [4.78, 5) is 12.7. The topological polar surface area (TPSA) is 142 Å². The number of rotatable bonds is 5. The van der Waals surface area contributed by atoms with Gasteiger partial charge in [0.25, 0.3) is 5.62 Å². The zero-order valence-corrected chi connectivity index (χ0v) is 23.6. The Labute approximate surface area is 233 Å². The van der Waals surface area contributed by atoms with Crippen LogP contribution in [0.15, 0.2) is 83.0 Å². The molecule has 0 aliphatic heterocycles. The van der Waals surface area contributed by atoms with E-state index in [4.69, 9.17) is 5.73 Å². The second-order valence-corrected chi connectivity index (χ2v) is 10.2. The Balaban J connectivity index is 0.000000227. The lowest BCUT2D eigenvalue weighted by atomic mass is 9.85. The number of aromatic nitrogens is 6. The first-order valence-corrected chi connectivity index (χ1v) is 12.5. The van der Waals surface area contributed by atoms with Gasteiger partial charge in [-0.05, 0) is 40.4 Å². The molecule has 0 bridgehead atoms. The molecule has 0 saturated carbocycles. The third kappa shape index (κ3) is 10.1.